The molecule has 0 unspecified atom stereocenters. The van der Waals surface area contributed by atoms with Gasteiger partial charge in [-0.25, -0.2) is 4.39 Å². The van der Waals surface area contributed by atoms with Gasteiger partial charge >= 0.3 is 0 Å². The van der Waals surface area contributed by atoms with Gasteiger partial charge in [-0.3, -0.25) is 4.99 Å². The van der Waals surface area contributed by atoms with Crippen molar-refractivity contribution in [2.24, 2.45) is 4.99 Å². The average molecular weight is 233 g/mol. The van der Waals surface area contributed by atoms with Crippen LogP contribution >= 0.6 is 0 Å². The maximum atomic E-state index is 12.7. The molecule has 0 bridgehead atoms. The molecule has 2 N–H and O–H groups in total. The molecule has 1 aromatic carbocycles. The van der Waals surface area contributed by atoms with Crippen molar-refractivity contribution in [1.82, 2.24) is 10.6 Å². The van der Waals surface area contributed by atoms with Gasteiger partial charge < -0.3 is 10.6 Å². The Balaban J connectivity index is 2.32. The predicted molar refractivity (Wildman–Crippen MR) is 68.3 cm³/mol. The summed E-state index contributed by atoms with van der Waals surface area (Å²) >= 11 is 0. The van der Waals surface area contributed by atoms with Crippen molar-refractivity contribution in [2.75, 3.05) is 20.1 Å². The van der Waals surface area contributed by atoms with Crippen molar-refractivity contribution in [3.63, 3.8) is 0 Å². The van der Waals surface area contributed by atoms with E-state index in [0.717, 1.165) is 18.5 Å². The molecule has 0 amide bonds. The Bertz CT molecular complexity index is 404. The summed E-state index contributed by atoms with van der Waals surface area (Å²) in [5.41, 5.74) is 1.08. The van der Waals surface area contributed by atoms with Crippen molar-refractivity contribution >= 4 is 5.96 Å². The van der Waals surface area contributed by atoms with Gasteiger partial charge in [0.2, 0.25) is 0 Å². The van der Waals surface area contributed by atoms with Gasteiger partial charge in [-0.15, -0.1) is 6.42 Å². The average Bonchev–Trinajstić information content (AvgIpc) is 2.36. The van der Waals surface area contributed by atoms with E-state index in [-0.39, 0.29) is 5.82 Å². The molecule has 0 saturated carbocycles. The Morgan fingerprint density at radius 2 is 2.06 bits per heavy atom. The summed E-state index contributed by atoms with van der Waals surface area (Å²) in [7, 11) is 1.68. The lowest BCUT2D eigenvalue weighted by Gasteiger charge is -2.09. The van der Waals surface area contributed by atoms with Gasteiger partial charge in [0, 0.05) is 13.6 Å². The fourth-order valence-electron chi connectivity index (χ4n) is 1.33. The van der Waals surface area contributed by atoms with E-state index in [4.69, 9.17) is 6.42 Å². The third-order valence-corrected chi connectivity index (χ3v) is 2.20. The standard InChI is InChI=1S/C13H16FN3/c1-3-9-16-13(15-2)17-10-8-11-4-6-12(14)7-5-11/h1,4-7H,8-10H2,2H3,(H2,15,16,17). The van der Waals surface area contributed by atoms with Crippen LogP contribution in [-0.4, -0.2) is 26.1 Å². The Morgan fingerprint density at radius 3 is 2.65 bits per heavy atom. The zero-order chi connectivity index (χ0) is 12.5. The van der Waals surface area contributed by atoms with Gasteiger partial charge in [0.05, 0.1) is 6.54 Å². The summed E-state index contributed by atoms with van der Waals surface area (Å²) in [4.78, 5) is 4.01. The summed E-state index contributed by atoms with van der Waals surface area (Å²) in [5, 5.41) is 6.07. The number of nitrogens with zero attached hydrogens (tertiary/aromatic N) is 1. The van der Waals surface area contributed by atoms with Crippen LogP contribution in [0.5, 0.6) is 0 Å². The first-order chi connectivity index (χ1) is 8.26. The summed E-state index contributed by atoms with van der Waals surface area (Å²) < 4.78 is 12.7. The number of hydrogen-bond donors (Lipinski definition) is 2. The molecule has 17 heavy (non-hydrogen) atoms. The van der Waals surface area contributed by atoms with Crippen LogP contribution in [0.3, 0.4) is 0 Å². The third-order valence-electron chi connectivity index (χ3n) is 2.20. The van der Waals surface area contributed by atoms with E-state index in [9.17, 15) is 4.39 Å². The number of terminal acetylenes is 1. The first-order valence-electron chi connectivity index (χ1n) is 5.38. The second-order valence-electron chi connectivity index (χ2n) is 3.43. The highest BCUT2D eigenvalue weighted by Gasteiger charge is 1.97. The molecule has 0 radical (unpaired) electrons. The number of aliphatic imine (C=N–C) groups is 1. The zero-order valence-electron chi connectivity index (χ0n) is 9.83. The van der Waals surface area contributed by atoms with E-state index in [0.29, 0.717) is 12.5 Å². The monoisotopic (exact) mass is 233 g/mol. The molecule has 0 aromatic heterocycles. The second-order valence-corrected chi connectivity index (χ2v) is 3.43. The molecule has 0 saturated heterocycles. The predicted octanol–water partition coefficient (Wildman–Crippen LogP) is 1.17. The lowest BCUT2D eigenvalue weighted by Crippen LogP contribution is -2.38. The van der Waals surface area contributed by atoms with Crippen LogP contribution in [0.4, 0.5) is 4.39 Å². The molecule has 0 aliphatic heterocycles. The van der Waals surface area contributed by atoms with Gasteiger partial charge in [0.15, 0.2) is 5.96 Å². The smallest absolute Gasteiger partial charge is 0.191 e. The SMILES string of the molecule is C#CCNC(=NC)NCCc1ccc(F)cc1. The van der Waals surface area contributed by atoms with Crippen molar-refractivity contribution in [2.45, 2.75) is 6.42 Å². The van der Waals surface area contributed by atoms with Gasteiger partial charge in [-0.2, -0.15) is 0 Å². The maximum Gasteiger partial charge on any atom is 0.191 e. The van der Waals surface area contributed by atoms with Crippen LogP contribution in [0, 0.1) is 18.2 Å². The van der Waals surface area contributed by atoms with E-state index in [1.54, 1.807) is 19.2 Å². The summed E-state index contributed by atoms with van der Waals surface area (Å²) in [5.74, 6) is 2.93. The van der Waals surface area contributed by atoms with Crippen molar-refractivity contribution in [1.29, 1.82) is 0 Å². The minimum absolute atomic E-state index is 0.215. The second kappa shape index (κ2) is 7.29. The number of nitrogens with one attached hydrogen (secondary N) is 2. The van der Waals surface area contributed by atoms with Crippen molar-refractivity contribution in [3.8, 4) is 12.3 Å². The number of halogens is 1. The van der Waals surface area contributed by atoms with Crippen LogP contribution in [0.25, 0.3) is 0 Å². The van der Waals surface area contributed by atoms with E-state index < -0.39 is 0 Å². The number of benzene rings is 1. The van der Waals surface area contributed by atoms with Crippen LogP contribution in [0.2, 0.25) is 0 Å². The topological polar surface area (TPSA) is 36.4 Å². The van der Waals surface area contributed by atoms with E-state index >= 15 is 0 Å². The summed E-state index contributed by atoms with van der Waals surface area (Å²) in [6, 6.07) is 6.46. The normalized spacial score (nSPS) is 10.8. The molecular weight excluding hydrogens is 217 g/mol. The first-order valence-corrected chi connectivity index (χ1v) is 5.38. The van der Waals surface area contributed by atoms with Crippen molar-refractivity contribution < 1.29 is 4.39 Å². The molecule has 1 rings (SSSR count). The minimum atomic E-state index is -0.215. The number of guanidine groups is 1. The fourth-order valence-corrected chi connectivity index (χ4v) is 1.33. The molecule has 0 fully saturated rings. The van der Waals surface area contributed by atoms with Gasteiger partial charge in [0.1, 0.15) is 5.82 Å². The molecule has 0 atom stereocenters. The molecule has 1 aromatic rings. The van der Waals surface area contributed by atoms with E-state index in [1.165, 1.54) is 12.1 Å². The van der Waals surface area contributed by atoms with Crippen LogP contribution in [0.15, 0.2) is 29.3 Å². The Morgan fingerprint density at radius 1 is 1.35 bits per heavy atom. The highest BCUT2D eigenvalue weighted by atomic mass is 19.1. The molecule has 4 heteroatoms. The number of rotatable bonds is 4. The maximum absolute atomic E-state index is 12.7. The first kappa shape index (κ1) is 13.0. The Kier molecular flexibility index (Phi) is 5.59. The molecule has 0 aliphatic rings. The minimum Gasteiger partial charge on any atom is -0.356 e. The molecular formula is C13H16FN3. The van der Waals surface area contributed by atoms with E-state index in [1.807, 2.05) is 0 Å². The highest BCUT2D eigenvalue weighted by molar-refractivity contribution is 5.79. The lowest BCUT2D eigenvalue weighted by atomic mass is 10.1. The van der Waals surface area contributed by atoms with Crippen LogP contribution < -0.4 is 10.6 Å². The molecule has 3 nitrogen and oxygen atoms in total. The zero-order valence-corrected chi connectivity index (χ0v) is 9.83. The largest absolute Gasteiger partial charge is 0.356 e. The highest BCUT2D eigenvalue weighted by Crippen LogP contribution is 2.02. The van der Waals surface area contributed by atoms with Gasteiger partial charge in [-0.1, -0.05) is 18.1 Å². The molecule has 0 aliphatic carbocycles. The molecule has 0 heterocycles. The molecule has 90 valence electrons. The fraction of sp³-hybridized carbons (Fsp3) is 0.308. The summed E-state index contributed by atoms with van der Waals surface area (Å²) in [6.45, 7) is 1.16. The lowest BCUT2D eigenvalue weighted by molar-refractivity contribution is 0.627. The van der Waals surface area contributed by atoms with E-state index in [2.05, 4.69) is 21.5 Å². The van der Waals surface area contributed by atoms with Gasteiger partial charge in [-0.05, 0) is 24.1 Å². The van der Waals surface area contributed by atoms with Gasteiger partial charge in [0.25, 0.3) is 0 Å². The third kappa shape index (κ3) is 5.03. The van der Waals surface area contributed by atoms with Crippen molar-refractivity contribution in [3.05, 3.63) is 35.6 Å². The Hall–Kier alpha value is -2.02. The molecule has 0 spiro atoms. The quantitative estimate of drug-likeness (QED) is 0.465. The van der Waals surface area contributed by atoms with Crippen LogP contribution in [0.1, 0.15) is 5.56 Å². The summed E-state index contributed by atoms with van der Waals surface area (Å²) in [6.07, 6.45) is 5.94. The van der Waals surface area contributed by atoms with Crippen LogP contribution in [-0.2, 0) is 6.42 Å². The Labute approximate surface area is 101 Å². The number of hydrogen-bond acceptors (Lipinski definition) is 1.